The number of hydrogen-bond acceptors (Lipinski definition) is 4. The van der Waals surface area contributed by atoms with Gasteiger partial charge in [0.05, 0.1) is 28.2 Å². The minimum Gasteiger partial charge on any atom is -0.311 e. The molecule has 92 valence electrons. The Balaban J connectivity index is 2.41. The molecule has 1 heterocycles. The Kier molecular flexibility index (Phi) is 2.98. The summed E-state index contributed by atoms with van der Waals surface area (Å²) in [5.41, 5.74) is 0.960. The van der Waals surface area contributed by atoms with E-state index in [-0.39, 0.29) is 23.9 Å². The zero-order chi connectivity index (χ0) is 13.3. The van der Waals surface area contributed by atoms with E-state index in [4.69, 9.17) is 5.26 Å². The van der Waals surface area contributed by atoms with Gasteiger partial charge in [-0.2, -0.15) is 5.26 Å². The van der Waals surface area contributed by atoms with E-state index < -0.39 is 4.92 Å². The molecular weight excluding hydrogens is 234 g/mol. The number of nitro benzene ring substituents is 1. The number of carbonyl (C=O) groups excluding carboxylic acids is 1. The minimum atomic E-state index is -0.471. The summed E-state index contributed by atoms with van der Waals surface area (Å²) in [7, 11) is 0. The normalized spacial score (nSPS) is 18.8. The summed E-state index contributed by atoms with van der Waals surface area (Å²) >= 11 is 0. The van der Waals surface area contributed by atoms with Crippen molar-refractivity contribution in [3.63, 3.8) is 0 Å². The lowest BCUT2D eigenvalue weighted by atomic mass is 10.1. The van der Waals surface area contributed by atoms with Crippen LogP contribution in [0, 0.1) is 34.3 Å². The van der Waals surface area contributed by atoms with Gasteiger partial charge in [0.2, 0.25) is 5.91 Å². The Morgan fingerprint density at radius 2 is 2.28 bits per heavy atom. The summed E-state index contributed by atoms with van der Waals surface area (Å²) < 4.78 is 0. The highest BCUT2D eigenvalue weighted by atomic mass is 16.6. The van der Waals surface area contributed by atoms with Crippen LogP contribution < -0.4 is 4.90 Å². The van der Waals surface area contributed by atoms with Crippen molar-refractivity contribution in [2.24, 2.45) is 5.92 Å². The van der Waals surface area contributed by atoms with Crippen LogP contribution in [-0.4, -0.2) is 17.4 Å². The van der Waals surface area contributed by atoms with Crippen molar-refractivity contribution in [2.45, 2.75) is 13.3 Å². The molecule has 1 atom stereocenters. The molecule has 1 aliphatic heterocycles. The Bertz CT molecular complexity index is 562. The van der Waals surface area contributed by atoms with Crippen LogP contribution in [-0.2, 0) is 4.79 Å². The molecule has 1 aliphatic rings. The smallest absolute Gasteiger partial charge is 0.274 e. The molecule has 0 spiro atoms. The van der Waals surface area contributed by atoms with Gasteiger partial charge in [-0.05, 0) is 13.0 Å². The number of rotatable bonds is 2. The third-order valence-corrected chi connectivity index (χ3v) is 3.07. The van der Waals surface area contributed by atoms with Gasteiger partial charge in [0.15, 0.2) is 0 Å². The quantitative estimate of drug-likeness (QED) is 0.587. The molecule has 1 unspecified atom stereocenters. The molecule has 6 heteroatoms. The van der Waals surface area contributed by atoms with Gasteiger partial charge in [0, 0.05) is 19.0 Å². The summed E-state index contributed by atoms with van der Waals surface area (Å²) in [5, 5.41) is 19.7. The van der Waals surface area contributed by atoms with E-state index in [1.807, 2.05) is 0 Å². The van der Waals surface area contributed by atoms with Crippen LogP contribution in [0.2, 0.25) is 0 Å². The molecule has 0 aliphatic carbocycles. The van der Waals surface area contributed by atoms with Gasteiger partial charge in [-0.15, -0.1) is 0 Å². The highest BCUT2D eigenvalue weighted by Gasteiger charge is 2.32. The third-order valence-electron chi connectivity index (χ3n) is 3.07. The first-order valence-electron chi connectivity index (χ1n) is 5.48. The molecule has 1 aromatic rings. The van der Waals surface area contributed by atoms with Crippen molar-refractivity contribution >= 4 is 17.3 Å². The lowest BCUT2D eigenvalue weighted by Gasteiger charge is -2.18. The van der Waals surface area contributed by atoms with Gasteiger partial charge < -0.3 is 4.90 Å². The Morgan fingerprint density at radius 3 is 2.83 bits per heavy atom. The highest BCUT2D eigenvalue weighted by Crippen LogP contribution is 2.32. The molecule has 1 amide bonds. The molecule has 1 saturated heterocycles. The van der Waals surface area contributed by atoms with Gasteiger partial charge >= 0.3 is 0 Å². The van der Waals surface area contributed by atoms with E-state index in [1.54, 1.807) is 19.1 Å². The number of amides is 1. The van der Waals surface area contributed by atoms with Crippen LogP contribution in [0.3, 0.4) is 0 Å². The van der Waals surface area contributed by atoms with Gasteiger partial charge in [-0.3, -0.25) is 14.9 Å². The molecule has 0 bridgehead atoms. The molecule has 2 rings (SSSR count). The number of nitro groups is 1. The first-order valence-corrected chi connectivity index (χ1v) is 5.48. The Morgan fingerprint density at radius 1 is 1.56 bits per heavy atom. The third kappa shape index (κ3) is 1.91. The maximum atomic E-state index is 11.8. The number of benzene rings is 1. The molecule has 0 N–H and O–H groups in total. The number of nitrogens with zero attached hydrogens (tertiary/aromatic N) is 3. The maximum Gasteiger partial charge on any atom is 0.274 e. The fraction of sp³-hybridized carbons (Fsp3) is 0.333. The van der Waals surface area contributed by atoms with E-state index in [1.165, 1.54) is 11.0 Å². The van der Waals surface area contributed by atoms with E-state index in [2.05, 4.69) is 6.07 Å². The van der Waals surface area contributed by atoms with Gasteiger partial charge in [0.25, 0.3) is 5.69 Å². The van der Waals surface area contributed by atoms with Gasteiger partial charge in [-0.1, -0.05) is 6.07 Å². The summed E-state index contributed by atoms with van der Waals surface area (Å²) in [4.78, 5) is 23.6. The molecule has 0 radical (unpaired) electrons. The van der Waals surface area contributed by atoms with Crippen LogP contribution >= 0.6 is 0 Å². The molecule has 0 aromatic heterocycles. The average molecular weight is 245 g/mol. The van der Waals surface area contributed by atoms with Crippen LogP contribution in [0.25, 0.3) is 0 Å². The standard InChI is InChI=1S/C12H11N3O3/c1-8-10(3-2-4-11(8)15(17)18)14-7-9(6-13)5-12(14)16/h2-4,9H,5,7H2,1H3. The first-order chi connectivity index (χ1) is 8.54. The number of carbonyl (C=O) groups is 1. The van der Waals surface area contributed by atoms with Crippen LogP contribution in [0.1, 0.15) is 12.0 Å². The van der Waals surface area contributed by atoms with Crippen LogP contribution in [0.4, 0.5) is 11.4 Å². The number of hydrogen-bond donors (Lipinski definition) is 0. The SMILES string of the molecule is Cc1c(N2CC(C#N)CC2=O)cccc1[N+](=O)[O-]. The largest absolute Gasteiger partial charge is 0.311 e. The van der Waals surface area contributed by atoms with Crippen molar-refractivity contribution in [3.8, 4) is 6.07 Å². The van der Waals surface area contributed by atoms with E-state index in [9.17, 15) is 14.9 Å². The average Bonchev–Trinajstić information content (AvgIpc) is 2.70. The molecule has 18 heavy (non-hydrogen) atoms. The summed E-state index contributed by atoms with van der Waals surface area (Å²) in [6.45, 7) is 1.91. The number of anilines is 1. The number of nitriles is 1. The second-order valence-corrected chi connectivity index (χ2v) is 4.21. The molecule has 6 nitrogen and oxygen atoms in total. The summed E-state index contributed by atoms with van der Waals surface area (Å²) in [6, 6.07) is 6.67. The lowest BCUT2D eigenvalue weighted by molar-refractivity contribution is -0.385. The molecular formula is C12H11N3O3. The van der Waals surface area contributed by atoms with Crippen molar-refractivity contribution in [2.75, 3.05) is 11.4 Å². The second-order valence-electron chi connectivity index (χ2n) is 4.21. The van der Waals surface area contributed by atoms with Gasteiger partial charge in [-0.25, -0.2) is 0 Å². The Hall–Kier alpha value is -2.42. The van der Waals surface area contributed by atoms with Crippen molar-refractivity contribution < 1.29 is 9.72 Å². The van der Waals surface area contributed by atoms with E-state index in [0.29, 0.717) is 17.8 Å². The fourth-order valence-corrected chi connectivity index (χ4v) is 2.13. The lowest BCUT2D eigenvalue weighted by Crippen LogP contribution is -2.25. The highest BCUT2D eigenvalue weighted by molar-refractivity contribution is 5.97. The zero-order valence-electron chi connectivity index (χ0n) is 9.79. The second kappa shape index (κ2) is 4.45. The van der Waals surface area contributed by atoms with Crippen molar-refractivity contribution in [3.05, 3.63) is 33.9 Å². The summed E-state index contributed by atoms with van der Waals surface area (Å²) in [6.07, 6.45) is 0.179. The van der Waals surface area contributed by atoms with Crippen LogP contribution in [0.5, 0.6) is 0 Å². The topological polar surface area (TPSA) is 87.2 Å². The molecule has 1 fully saturated rings. The zero-order valence-corrected chi connectivity index (χ0v) is 9.79. The fourth-order valence-electron chi connectivity index (χ4n) is 2.13. The monoisotopic (exact) mass is 245 g/mol. The Labute approximate surface area is 104 Å². The van der Waals surface area contributed by atoms with Gasteiger partial charge in [0.1, 0.15) is 0 Å². The predicted molar refractivity (Wildman–Crippen MR) is 63.9 cm³/mol. The van der Waals surface area contributed by atoms with Crippen molar-refractivity contribution in [1.82, 2.24) is 0 Å². The summed E-state index contributed by atoms with van der Waals surface area (Å²) in [5.74, 6) is -0.499. The predicted octanol–water partition coefficient (Wildman–Crippen LogP) is 1.78. The van der Waals surface area contributed by atoms with E-state index >= 15 is 0 Å². The molecule has 0 saturated carbocycles. The van der Waals surface area contributed by atoms with Crippen LogP contribution in [0.15, 0.2) is 18.2 Å². The maximum absolute atomic E-state index is 11.8. The first kappa shape index (κ1) is 12.0. The van der Waals surface area contributed by atoms with E-state index in [0.717, 1.165) is 0 Å². The minimum absolute atomic E-state index is 0.0132. The van der Waals surface area contributed by atoms with Crippen molar-refractivity contribution in [1.29, 1.82) is 5.26 Å². The molecule has 1 aromatic carbocycles.